The highest BCUT2D eigenvalue weighted by atomic mass is 16.2. The van der Waals surface area contributed by atoms with Crippen LogP contribution in [0.2, 0.25) is 0 Å². The Morgan fingerprint density at radius 3 is 2.78 bits per heavy atom. The first-order valence-electron chi connectivity index (χ1n) is 9.16. The van der Waals surface area contributed by atoms with Crippen LogP contribution in [0.3, 0.4) is 0 Å². The molecular formula is C21H22N4O2. The number of anilines is 1. The molecule has 1 aliphatic rings. The van der Waals surface area contributed by atoms with E-state index in [1.807, 2.05) is 60.0 Å². The number of carbonyl (C=O) groups is 2. The van der Waals surface area contributed by atoms with Gasteiger partial charge in [-0.1, -0.05) is 29.8 Å². The number of fused-ring (bicyclic) bond motifs is 1. The summed E-state index contributed by atoms with van der Waals surface area (Å²) in [7, 11) is 0. The summed E-state index contributed by atoms with van der Waals surface area (Å²) in [5.41, 5.74) is 3.98. The average Bonchev–Trinajstić information content (AvgIpc) is 3.24. The van der Waals surface area contributed by atoms with Crippen LogP contribution in [0, 0.1) is 6.92 Å². The zero-order chi connectivity index (χ0) is 18.8. The predicted octanol–water partition coefficient (Wildman–Crippen LogP) is 2.66. The first-order chi connectivity index (χ1) is 13.1. The van der Waals surface area contributed by atoms with Crippen molar-refractivity contribution in [3.63, 3.8) is 0 Å². The highest BCUT2D eigenvalue weighted by molar-refractivity contribution is 5.96. The van der Waals surface area contributed by atoms with Crippen LogP contribution >= 0.6 is 0 Å². The summed E-state index contributed by atoms with van der Waals surface area (Å²) in [6, 6.07) is 15.6. The first kappa shape index (κ1) is 17.3. The molecule has 2 amide bonds. The third-order valence-corrected chi connectivity index (χ3v) is 4.94. The van der Waals surface area contributed by atoms with Crippen LogP contribution in [0.1, 0.15) is 18.4 Å². The summed E-state index contributed by atoms with van der Waals surface area (Å²) in [6.07, 6.45) is 2.46. The number of nitrogens with zero attached hydrogens (tertiary/aromatic N) is 3. The Hall–Kier alpha value is -3.15. The van der Waals surface area contributed by atoms with Gasteiger partial charge in [-0.15, -0.1) is 0 Å². The van der Waals surface area contributed by atoms with Crippen molar-refractivity contribution in [3.05, 3.63) is 60.4 Å². The number of hydrogen-bond donors (Lipinski definition) is 1. The fourth-order valence-electron chi connectivity index (χ4n) is 3.49. The smallest absolute Gasteiger partial charge is 0.229 e. The van der Waals surface area contributed by atoms with E-state index in [1.165, 1.54) is 0 Å². The maximum atomic E-state index is 12.4. The third kappa shape index (κ3) is 3.69. The fraction of sp³-hybridized carbons (Fsp3) is 0.286. The molecule has 3 aromatic rings. The minimum Gasteiger partial charge on any atom is -0.351 e. The van der Waals surface area contributed by atoms with Crippen LogP contribution in [0.4, 0.5) is 5.69 Å². The van der Waals surface area contributed by atoms with E-state index in [4.69, 9.17) is 0 Å². The van der Waals surface area contributed by atoms with Crippen LogP contribution in [-0.2, 0) is 16.1 Å². The monoisotopic (exact) mass is 362 g/mol. The Bertz CT molecular complexity index is 977. The van der Waals surface area contributed by atoms with Crippen molar-refractivity contribution < 1.29 is 9.59 Å². The first-order valence-corrected chi connectivity index (χ1v) is 9.16. The van der Waals surface area contributed by atoms with Gasteiger partial charge >= 0.3 is 0 Å². The van der Waals surface area contributed by atoms with E-state index < -0.39 is 0 Å². The molecule has 1 N–H and O–H groups in total. The lowest BCUT2D eigenvalue weighted by atomic mass is 10.2. The molecule has 1 atom stereocenters. The Kier molecular flexibility index (Phi) is 4.62. The highest BCUT2D eigenvalue weighted by Crippen LogP contribution is 2.22. The molecule has 0 radical (unpaired) electrons. The van der Waals surface area contributed by atoms with E-state index >= 15 is 0 Å². The molecule has 4 rings (SSSR count). The Morgan fingerprint density at radius 1 is 1.19 bits per heavy atom. The lowest BCUT2D eigenvalue weighted by molar-refractivity contribution is -0.122. The number of amides is 2. The molecule has 6 heteroatoms. The number of aryl methyl sites for hydroxylation is 2. The molecular weight excluding hydrogens is 340 g/mol. The van der Waals surface area contributed by atoms with E-state index in [0.29, 0.717) is 25.9 Å². The Labute approximate surface area is 157 Å². The number of rotatable bonds is 5. The fourth-order valence-corrected chi connectivity index (χ4v) is 3.49. The van der Waals surface area contributed by atoms with Crippen molar-refractivity contribution in [3.8, 4) is 0 Å². The summed E-state index contributed by atoms with van der Waals surface area (Å²) in [5.74, 6) is 0.00101. The van der Waals surface area contributed by atoms with Crippen molar-refractivity contribution in [1.29, 1.82) is 0 Å². The lowest BCUT2D eigenvalue weighted by Crippen LogP contribution is -2.37. The Balaban J connectivity index is 1.33. The molecule has 1 unspecified atom stereocenters. The summed E-state index contributed by atoms with van der Waals surface area (Å²) < 4.78 is 1.98. The lowest BCUT2D eigenvalue weighted by Gasteiger charge is -2.17. The number of carbonyl (C=O) groups excluding carboxylic acids is 2. The van der Waals surface area contributed by atoms with Gasteiger partial charge in [0.05, 0.1) is 23.4 Å². The maximum Gasteiger partial charge on any atom is 0.229 e. The van der Waals surface area contributed by atoms with Gasteiger partial charge in [-0.05, 0) is 31.2 Å². The number of benzene rings is 2. The van der Waals surface area contributed by atoms with Gasteiger partial charge in [-0.25, -0.2) is 4.98 Å². The van der Waals surface area contributed by atoms with Gasteiger partial charge in [-0.2, -0.15) is 0 Å². The molecule has 1 fully saturated rings. The van der Waals surface area contributed by atoms with Gasteiger partial charge < -0.3 is 14.8 Å². The van der Waals surface area contributed by atoms with Crippen molar-refractivity contribution in [2.45, 2.75) is 32.4 Å². The summed E-state index contributed by atoms with van der Waals surface area (Å²) in [6.45, 7) is 3.10. The number of hydrogen-bond acceptors (Lipinski definition) is 3. The summed E-state index contributed by atoms with van der Waals surface area (Å²) >= 11 is 0. The second-order valence-corrected chi connectivity index (χ2v) is 6.99. The topological polar surface area (TPSA) is 67.2 Å². The van der Waals surface area contributed by atoms with E-state index in [0.717, 1.165) is 22.3 Å². The quantitative estimate of drug-likeness (QED) is 0.759. The number of para-hydroxylation sites is 2. The van der Waals surface area contributed by atoms with Gasteiger partial charge in [-0.3, -0.25) is 9.59 Å². The highest BCUT2D eigenvalue weighted by Gasteiger charge is 2.31. The Morgan fingerprint density at radius 2 is 1.96 bits per heavy atom. The van der Waals surface area contributed by atoms with E-state index in [1.54, 1.807) is 11.2 Å². The van der Waals surface area contributed by atoms with Gasteiger partial charge in [0.15, 0.2) is 0 Å². The summed E-state index contributed by atoms with van der Waals surface area (Å²) in [5, 5.41) is 3.00. The molecule has 0 spiro atoms. The minimum atomic E-state index is -0.147. The van der Waals surface area contributed by atoms with Crippen LogP contribution in [0.15, 0.2) is 54.9 Å². The molecule has 27 heavy (non-hydrogen) atoms. The molecule has 0 bridgehead atoms. The van der Waals surface area contributed by atoms with Gasteiger partial charge in [0, 0.05) is 31.6 Å². The normalized spacial score (nSPS) is 16.9. The zero-order valence-corrected chi connectivity index (χ0v) is 15.3. The van der Waals surface area contributed by atoms with Crippen LogP contribution < -0.4 is 10.2 Å². The molecule has 0 aliphatic carbocycles. The van der Waals surface area contributed by atoms with Crippen LogP contribution in [-0.4, -0.2) is 34.0 Å². The number of imidazole rings is 1. The van der Waals surface area contributed by atoms with Gasteiger partial charge in [0.2, 0.25) is 11.8 Å². The maximum absolute atomic E-state index is 12.4. The van der Waals surface area contributed by atoms with E-state index in [2.05, 4.69) is 10.3 Å². The second-order valence-electron chi connectivity index (χ2n) is 6.99. The molecule has 0 saturated carbocycles. The summed E-state index contributed by atoms with van der Waals surface area (Å²) in [4.78, 5) is 30.7. The second kappa shape index (κ2) is 7.23. The molecule has 1 aliphatic heterocycles. The van der Waals surface area contributed by atoms with Crippen LogP contribution in [0.5, 0.6) is 0 Å². The molecule has 1 aromatic heterocycles. The number of aromatic nitrogens is 2. The molecule has 1 saturated heterocycles. The van der Waals surface area contributed by atoms with Crippen LogP contribution in [0.25, 0.3) is 11.0 Å². The van der Waals surface area contributed by atoms with E-state index in [9.17, 15) is 9.59 Å². The van der Waals surface area contributed by atoms with Crippen molar-refractivity contribution in [2.24, 2.45) is 0 Å². The minimum absolute atomic E-state index is 0.0451. The molecule has 6 nitrogen and oxygen atoms in total. The van der Waals surface area contributed by atoms with Crippen molar-refractivity contribution in [2.75, 3.05) is 11.4 Å². The van der Waals surface area contributed by atoms with Crippen molar-refractivity contribution >= 4 is 28.5 Å². The number of nitrogens with one attached hydrogen (secondary N) is 1. The van der Waals surface area contributed by atoms with Crippen molar-refractivity contribution in [1.82, 2.24) is 14.9 Å². The van der Waals surface area contributed by atoms with Gasteiger partial charge in [0.1, 0.15) is 0 Å². The van der Waals surface area contributed by atoms with E-state index in [-0.39, 0.29) is 17.9 Å². The average molecular weight is 362 g/mol. The standard InChI is InChI=1S/C21H22N4O2/c1-15-6-8-17(9-7-15)25-13-16(12-21(25)27)23-20(26)10-11-24-14-22-18-4-2-3-5-19(18)24/h2-9,14,16H,10-13H2,1H3,(H,23,26). The predicted molar refractivity (Wildman–Crippen MR) is 104 cm³/mol. The SMILES string of the molecule is Cc1ccc(N2CC(NC(=O)CCn3cnc4ccccc43)CC2=O)cc1. The zero-order valence-electron chi connectivity index (χ0n) is 15.3. The molecule has 138 valence electrons. The largest absolute Gasteiger partial charge is 0.351 e. The molecule has 2 heterocycles. The van der Waals surface area contributed by atoms with Gasteiger partial charge in [0.25, 0.3) is 0 Å². The third-order valence-electron chi connectivity index (χ3n) is 4.94. The molecule has 2 aromatic carbocycles.